The fourth-order valence-corrected chi connectivity index (χ4v) is 2.44. The third-order valence-corrected chi connectivity index (χ3v) is 3.93. The first-order valence-corrected chi connectivity index (χ1v) is 8.67. The summed E-state index contributed by atoms with van der Waals surface area (Å²) in [7, 11) is 0. The van der Waals surface area contributed by atoms with Crippen molar-refractivity contribution in [1.29, 1.82) is 0 Å². The maximum atomic E-state index is 12.4. The zero-order chi connectivity index (χ0) is 19.1. The number of aliphatic carboxylic acids is 1. The second kappa shape index (κ2) is 9.20. The van der Waals surface area contributed by atoms with Crippen LogP contribution in [0.2, 0.25) is 0 Å². The van der Waals surface area contributed by atoms with Gasteiger partial charge in [0.25, 0.3) is 5.91 Å². The molecular weight excluding hydrogens is 334 g/mol. The number of hydrogen-bond donors (Lipinski definition) is 2. The van der Waals surface area contributed by atoms with Gasteiger partial charge in [-0.25, -0.2) is 4.79 Å². The molecular formula is C20H25NO5. The van der Waals surface area contributed by atoms with E-state index in [-0.39, 0.29) is 5.91 Å². The highest BCUT2D eigenvalue weighted by Crippen LogP contribution is 2.31. The Bertz CT molecular complexity index is 772. The predicted molar refractivity (Wildman–Crippen MR) is 101 cm³/mol. The minimum atomic E-state index is -1.04. The fourth-order valence-electron chi connectivity index (χ4n) is 2.44. The Morgan fingerprint density at radius 3 is 2.42 bits per heavy atom. The lowest BCUT2D eigenvalue weighted by molar-refractivity contribution is -0.139. The Kier molecular flexibility index (Phi) is 6.97. The van der Waals surface area contributed by atoms with Crippen molar-refractivity contribution >= 4 is 28.3 Å². The van der Waals surface area contributed by atoms with E-state index in [0.717, 1.165) is 17.2 Å². The van der Waals surface area contributed by atoms with Crippen LogP contribution in [0.1, 0.15) is 27.2 Å². The molecule has 0 aromatic heterocycles. The van der Waals surface area contributed by atoms with Crippen LogP contribution in [-0.2, 0) is 14.3 Å². The number of anilines is 1. The molecule has 2 N–H and O–H groups in total. The largest absolute Gasteiger partial charge is 0.481 e. The van der Waals surface area contributed by atoms with Crippen molar-refractivity contribution in [2.24, 2.45) is 5.92 Å². The Morgan fingerprint density at radius 1 is 1.08 bits per heavy atom. The second-order valence-electron chi connectivity index (χ2n) is 6.52. The van der Waals surface area contributed by atoms with Gasteiger partial charge in [-0.05, 0) is 31.4 Å². The zero-order valence-electron chi connectivity index (χ0n) is 15.3. The van der Waals surface area contributed by atoms with Crippen LogP contribution in [0.15, 0.2) is 36.4 Å². The Hall–Kier alpha value is -2.60. The number of ether oxygens (including phenoxy) is 2. The highest BCUT2D eigenvalue weighted by atomic mass is 16.5. The van der Waals surface area contributed by atoms with Gasteiger partial charge in [0.05, 0.1) is 0 Å². The molecule has 0 saturated heterocycles. The Morgan fingerprint density at radius 2 is 1.77 bits per heavy atom. The van der Waals surface area contributed by atoms with E-state index in [0.29, 0.717) is 24.0 Å². The summed E-state index contributed by atoms with van der Waals surface area (Å²) < 4.78 is 10.9. The number of nitrogens with one attached hydrogen (secondary N) is 1. The number of carboxylic acids is 1. The topological polar surface area (TPSA) is 84.9 Å². The maximum absolute atomic E-state index is 12.4. The molecule has 0 radical (unpaired) electrons. The van der Waals surface area contributed by atoms with Crippen LogP contribution in [0.4, 0.5) is 5.69 Å². The van der Waals surface area contributed by atoms with Crippen LogP contribution in [0.5, 0.6) is 5.75 Å². The molecule has 1 atom stereocenters. The zero-order valence-corrected chi connectivity index (χ0v) is 15.3. The van der Waals surface area contributed by atoms with Crippen molar-refractivity contribution in [3.8, 4) is 5.75 Å². The van der Waals surface area contributed by atoms with Crippen molar-refractivity contribution in [2.75, 3.05) is 18.5 Å². The number of carboxylic acid groups (broad SMARTS) is 1. The van der Waals surface area contributed by atoms with Gasteiger partial charge in [-0.3, -0.25) is 4.79 Å². The van der Waals surface area contributed by atoms with Crippen LogP contribution in [0.3, 0.4) is 0 Å². The van der Waals surface area contributed by atoms with Crippen LogP contribution in [0, 0.1) is 5.92 Å². The summed E-state index contributed by atoms with van der Waals surface area (Å²) in [6.07, 6.45) is 0.339. The highest BCUT2D eigenvalue weighted by molar-refractivity contribution is 6.05. The predicted octanol–water partition coefficient (Wildman–Crippen LogP) is 3.69. The number of amides is 1. The van der Waals surface area contributed by atoms with Gasteiger partial charge in [-0.15, -0.1) is 0 Å². The lowest BCUT2D eigenvalue weighted by Crippen LogP contribution is -2.28. The maximum Gasteiger partial charge on any atom is 0.341 e. The summed E-state index contributed by atoms with van der Waals surface area (Å²) in [6, 6.07) is 10.7. The molecule has 0 spiro atoms. The third-order valence-electron chi connectivity index (χ3n) is 3.93. The molecule has 0 heterocycles. The molecule has 140 valence electrons. The molecule has 2 aromatic carbocycles. The number of benzene rings is 2. The van der Waals surface area contributed by atoms with Crippen LogP contribution >= 0.6 is 0 Å². The normalized spacial score (nSPS) is 12.2. The van der Waals surface area contributed by atoms with Gasteiger partial charge in [-0.1, -0.05) is 38.1 Å². The summed E-state index contributed by atoms with van der Waals surface area (Å²) in [4.78, 5) is 23.1. The Balaban J connectivity index is 2.13. The smallest absolute Gasteiger partial charge is 0.341 e. The molecule has 0 aliphatic carbocycles. The van der Waals surface area contributed by atoms with Gasteiger partial charge in [0.1, 0.15) is 11.9 Å². The van der Waals surface area contributed by atoms with Gasteiger partial charge in [-0.2, -0.15) is 0 Å². The minimum Gasteiger partial charge on any atom is -0.481 e. The molecule has 6 heteroatoms. The number of hydrogen-bond acceptors (Lipinski definition) is 4. The van der Waals surface area contributed by atoms with E-state index < -0.39 is 18.7 Å². The fraction of sp³-hybridized carbons (Fsp3) is 0.400. The van der Waals surface area contributed by atoms with E-state index in [1.807, 2.05) is 24.3 Å². The van der Waals surface area contributed by atoms with Crippen molar-refractivity contribution in [3.63, 3.8) is 0 Å². The highest BCUT2D eigenvalue weighted by Gasteiger charge is 2.16. The third kappa shape index (κ3) is 5.46. The molecule has 1 unspecified atom stereocenters. The van der Waals surface area contributed by atoms with Gasteiger partial charge >= 0.3 is 5.97 Å². The average Bonchev–Trinajstić information content (AvgIpc) is 2.60. The monoisotopic (exact) mass is 359 g/mol. The molecule has 2 rings (SSSR count). The lowest BCUT2D eigenvalue weighted by atomic mass is 10.1. The standard InChI is InChI=1S/C20H25NO5/c1-13(2)10-11-25-14(3)20(24)21-17-8-9-18(26-12-19(22)23)16-7-5-4-6-15(16)17/h4-9,13-14H,10-12H2,1-3H3,(H,21,24)(H,22,23). The van der Waals surface area contributed by atoms with E-state index in [9.17, 15) is 9.59 Å². The summed E-state index contributed by atoms with van der Waals surface area (Å²) in [5.41, 5.74) is 0.632. The number of carbonyl (C=O) groups excluding carboxylic acids is 1. The first-order valence-electron chi connectivity index (χ1n) is 8.67. The van der Waals surface area contributed by atoms with E-state index in [4.69, 9.17) is 14.6 Å². The summed E-state index contributed by atoms with van der Waals surface area (Å²) >= 11 is 0. The first kappa shape index (κ1) is 19.7. The number of rotatable bonds is 9. The van der Waals surface area contributed by atoms with Gasteiger partial charge < -0.3 is 19.9 Å². The van der Waals surface area contributed by atoms with E-state index >= 15 is 0 Å². The van der Waals surface area contributed by atoms with E-state index in [2.05, 4.69) is 19.2 Å². The summed E-state index contributed by atoms with van der Waals surface area (Å²) in [5.74, 6) is -0.285. The van der Waals surface area contributed by atoms with Crippen molar-refractivity contribution in [1.82, 2.24) is 0 Å². The van der Waals surface area contributed by atoms with Crippen LogP contribution < -0.4 is 10.1 Å². The van der Waals surface area contributed by atoms with E-state index in [1.165, 1.54) is 0 Å². The molecule has 0 fully saturated rings. The molecule has 0 aliphatic rings. The van der Waals surface area contributed by atoms with Crippen LogP contribution in [0.25, 0.3) is 10.8 Å². The molecule has 1 amide bonds. The van der Waals surface area contributed by atoms with Gasteiger partial charge in [0.2, 0.25) is 0 Å². The van der Waals surface area contributed by atoms with Crippen molar-refractivity contribution in [2.45, 2.75) is 33.3 Å². The van der Waals surface area contributed by atoms with E-state index in [1.54, 1.807) is 19.1 Å². The van der Waals surface area contributed by atoms with Crippen molar-refractivity contribution < 1.29 is 24.2 Å². The van der Waals surface area contributed by atoms with Crippen molar-refractivity contribution in [3.05, 3.63) is 36.4 Å². The summed E-state index contributed by atoms with van der Waals surface area (Å²) in [5, 5.41) is 13.2. The van der Waals surface area contributed by atoms with Gasteiger partial charge in [0, 0.05) is 23.1 Å². The molecule has 26 heavy (non-hydrogen) atoms. The molecule has 0 bridgehead atoms. The molecule has 6 nitrogen and oxygen atoms in total. The molecule has 0 saturated carbocycles. The lowest BCUT2D eigenvalue weighted by Gasteiger charge is -2.16. The minimum absolute atomic E-state index is 0.224. The Labute approximate surface area is 153 Å². The van der Waals surface area contributed by atoms with Gasteiger partial charge in [0.15, 0.2) is 6.61 Å². The summed E-state index contributed by atoms with van der Waals surface area (Å²) in [6.45, 7) is 6.05. The number of carbonyl (C=O) groups is 2. The average molecular weight is 359 g/mol. The molecule has 0 aliphatic heterocycles. The SMILES string of the molecule is CC(C)CCOC(C)C(=O)Nc1ccc(OCC(=O)O)c2ccccc12. The molecule has 2 aromatic rings. The first-order chi connectivity index (χ1) is 12.4. The quantitative estimate of drug-likeness (QED) is 0.713. The van der Waals surface area contributed by atoms with Crippen LogP contribution in [-0.4, -0.2) is 36.3 Å². The number of fused-ring (bicyclic) bond motifs is 1. The second-order valence-corrected chi connectivity index (χ2v) is 6.52.